The molecule has 1 aliphatic heterocycles. The fourth-order valence-corrected chi connectivity index (χ4v) is 4.88. The molecular weight excluding hydrogens is 572 g/mol. The zero-order valence-electron chi connectivity index (χ0n) is 26.3. The van der Waals surface area contributed by atoms with E-state index in [-0.39, 0.29) is 0 Å². The van der Waals surface area contributed by atoms with Gasteiger partial charge in [0.25, 0.3) is 0 Å². The second-order valence-electron chi connectivity index (χ2n) is 13.1. The van der Waals surface area contributed by atoms with Gasteiger partial charge in [-0.3, -0.25) is 5.32 Å². The molecule has 2 aliphatic rings. The lowest BCUT2D eigenvalue weighted by atomic mass is 9.97. The van der Waals surface area contributed by atoms with Crippen LogP contribution in [0.1, 0.15) is 60.1 Å². The van der Waals surface area contributed by atoms with Crippen LogP contribution < -0.4 is 14.8 Å². The summed E-state index contributed by atoms with van der Waals surface area (Å²) in [5.74, 6) is 8.48. The van der Waals surface area contributed by atoms with E-state index in [1.54, 1.807) is 39.2 Å². The van der Waals surface area contributed by atoms with Gasteiger partial charge < -0.3 is 18.9 Å². The summed E-state index contributed by atoms with van der Waals surface area (Å²) in [6.07, 6.45) is 4.24. The van der Waals surface area contributed by atoms with Crippen molar-refractivity contribution in [3.05, 3.63) is 54.5 Å². The van der Waals surface area contributed by atoms with Gasteiger partial charge in [-0.25, -0.2) is 24.1 Å². The molecule has 232 valence electrons. The van der Waals surface area contributed by atoms with E-state index in [4.69, 9.17) is 23.9 Å². The fraction of sp³-hybridized carbons (Fsp3) is 0.371. The molecule has 0 bridgehead atoms. The number of rotatable bonds is 3. The lowest BCUT2D eigenvalue weighted by molar-refractivity contribution is 0.0542. The van der Waals surface area contributed by atoms with Crippen molar-refractivity contribution >= 4 is 29.0 Å². The molecule has 0 spiro atoms. The van der Waals surface area contributed by atoms with Crippen LogP contribution in [0.5, 0.6) is 11.5 Å². The molecule has 1 fully saturated rings. The normalized spacial score (nSPS) is 14.4. The lowest BCUT2D eigenvalue weighted by Gasteiger charge is -2.20. The van der Waals surface area contributed by atoms with Gasteiger partial charge in [0.2, 0.25) is 0 Å². The van der Waals surface area contributed by atoms with Gasteiger partial charge in [-0.1, -0.05) is 12.0 Å². The smallest absolute Gasteiger partial charge is 0.420 e. The van der Waals surface area contributed by atoms with Gasteiger partial charge in [-0.15, -0.1) is 0 Å². The first-order valence-electron chi connectivity index (χ1n) is 15.0. The Morgan fingerprint density at radius 2 is 1.62 bits per heavy atom. The maximum Gasteiger partial charge on any atom is 0.420 e. The molecule has 1 amide bonds. The molecule has 4 heterocycles. The summed E-state index contributed by atoms with van der Waals surface area (Å²) in [6.45, 7) is 11.7. The van der Waals surface area contributed by atoms with Gasteiger partial charge in [0, 0.05) is 29.3 Å². The summed E-state index contributed by atoms with van der Waals surface area (Å²) in [6, 6.07) is 11.2. The van der Waals surface area contributed by atoms with Crippen molar-refractivity contribution in [2.75, 3.05) is 18.5 Å². The third-order valence-electron chi connectivity index (χ3n) is 6.88. The second-order valence-corrected chi connectivity index (χ2v) is 13.1. The first kappa shape index (κ1) is 30.0. The number of amides is 1. The van der Waals surface area contributed by atoms with E-state index in [0.717, 1.165) is 24.0 Å². The zero-order valence-corrected chi connectivity index (χ0v) is 26.3. The highest BCUT2D eigenvalue weighted by Gasteiger charge is 2.26. The number of hydrogen-bond donors (Lipinski definition) is 1. The molecule has 10 nitrogen and oxygen atoms in total. The Balaban J connectivity index is 1.55. The van der Waals surface area contributed by atoms with E-state index in [1.807, 2.05) is 51.1 Å². The van der Waals surface area contributed by atoms with Crippen LogP contribution in [0.4, 0.5) is 15.4 Å². The Morgan fingerprint density at radius 3 is 2.33 bits per heavy atom. The molecule has 0 radical (unpaired) electrons. The Hall–Kier alpha value is -5.04. The van der Waals surface area contributed by atoms with E-state index in [1.165, 1.54) is 4.57 Å². The minimum Gasteiger partial charge on any atom is -0.486 e. The number of benzene rings is 1. The summed E-state index contributed by atoms with van der Waals surface area (Å²) < 4.78 is 24.3. The predicted octanol–water partition coefficient (Wildman–Crippen LogP) is 7.43. The number of aromatic nitrogens is 3. The summed E-state index contributed by atoms with van der Waals surface area (Å²) in [5.41, 5.74) is 2.54. The maximum absolute atomic E-state index is 13.6. The molecule has 0 unspecified atom stereocenters. The van der Waals surface area contributed by atoms with Gasteiger partial charge in [0.1, 0.15) is 35.9 Å². The molecule has 10 heteroatoms. The first-order valence-corrected chi connectivity index (χ1v) is 15.0. The van der Waals surface area contributed by atoms with Crippen molar-refractivity contribution in [3.63, 3.8) is 0 Å². The van der Waals surface area contributed by atoms with E-state index >= 15 is 0 Å². The number of carbonyl (C=O) groups is 2. The lowest BCUT2D eigenvalue weighted by Crippen LogP contribution is -2.27. The number of pyridine rings is 2. The monoisotopic (exact) mass is 608 g/mol. The molecule has 1 aliphatic carbocycles. The van der Waals surface area contributed by atoms with E-state index in [0.29, 0.717) is 64.3 Å². The molecule has 1 N–H and O–H groups in total. The summed E-state index contributed by atoms with van der Waals surface area (Å²) >= 11 is 0. The fourth-order valence-electron chi connectivity index (χ4n) is 4.88. The molecule has 6 rings (SSSR count). The Kier molecular flexibility index (Phi) is 7.65. The van der Waals surface area contributed by atoms with Gasteiger partial charge >= 0.3 is 12.2 Å². The highest BCUT2D eigenvalue weighted by Crippen LogP contribution is 2.41. The third-order valence-corrected chi connectivity index (χ3v) is 6.88. The number of anilines is 1. The predicted molar refractivity (Wildman–Crippen MR) is 170 cm³/mol. The number of hydrogen-bond acceptors (Lipinski definition) is 8. The minimum absolute atomic E-state index is 0.292. The SMILES string of the molecule is CC(C)(C)OC(=O)Nc1cc(-c2cn(C(=O)OC(C)(C)C)c3nc(C#CC4CC4)cc(-c4ccc5c(c4)OCCO5)c23)ccn1. The largest absolute Gasteiger partial charge is 0.486 e. The maximum atomic E-state index is 13.6. The van der Waals surface area contributed by atoms with Crippen molar-refractivity contribution in [1.29, 1.82) is 0 Å². The second kappa shape index (κ2) is 11.5. The Bertz CT molecular complexity index is 1870. The van der Waals surface area contributed by atoms with Crippen LogP contribution in [0.3, 0.4) is 0 Å². The molecular formula is C35H36N4O6. The molecule has 45 heavy (non-hydrogen) atoms. The topological polar surface area (TPSA) is 114 Å². The number of fused-ring (bicyclic) bond motifs is 2. The van der Waals surface area contributed by atoms with E-state index in [2.05, 4.69) is 22.1 Å². The van der Waals surface area contributed by atoms with Crippen LogP contribution in [-0.4, -0.2) is 51.1 Å². The summed E-state index contributed by atoms with van der Waals surface area (Å²) in [4.78, 5) is 35.4. The van der Waals surface area contributed by atoms with Crippen LogP contribution in [0.2, 0.25) is 0 Å². The Morgan fingerprint density at radius 1 is 0.911 bits per heavy atom. The highest BCUT2D eigenvalue weighted by molar-refractivity contribution is 6.08. The van der Waals surface area contributed by atoms with Crippen LogP contribution in [0, 0.1) is 17.8 Å². The number of carbonyl (C=O) groups excluding carboxylic acids is 2. The van der Waals surface area contributed by atoms with Gasteiger partial charge in [-0.05, 0) is 107 Å². The van der Waals surface area contributed by atoms with Crippen molar-refractivity contribution < 1.29 is 28.5 Å². The first-order chi connectivity index (χ1) is 21.3. The van der Waals surface area contributed by atoms with Crippen LogP contribution in [-0.2, 0) is 9.47 Å². The number of nitrogens with zero attached hydrogens (tertiary/aromatic N) is 3. The van der Waals surface area contributed by atoms with Crippen molar-refractivity contribution in [2.45, 2.75) is 65.6 Å². The van der Waals surface area contributed by atoms with Gasteiger partial charge in [0.15, 0.2) is 17.1 Å². The number of nitrogens with one attached hydrogen (secondary N) is 1. The van der Waals surface area contributed by atoms with E-state index in [9.17, 15) is 9.59 Å². The van der Waals surface area contributed by atoms with Gasteiger partial charge in [0.05, 0.1) is 0 Å². The molecule has 4 aromatic rings. The third kappa shape index (κ3) is 7.04. The quantitative estimate of drug-likeness (QED) is 0.239. The Labute approximate surface area is 262 Å². The zero-order chi connectivity index (χ0) is 31.9. The summed E-state index contributed by atoms with van der Waals surface area (Å²) in [7, 11) is 0. The molecule has 0 atom stereocenters. The van der Waals surface area contributed by atoms with Crippen LogP contribution >= 0.6 is 0 Å². The van der Waals surface area contributed by atoms with Crippen LogP contribution in [0.25, 0.3) is 33.3 Å². The van der Waals surface area contributed by atoms with Crippen molar-refractivity contribution in [1.82, 2.24) is 14.5 Å². The highest BCUT2D eigenvalue weighted by atomic mass is 16.6. The summed E-state index contributed by atoms with van der Waals surface area (Å²) in [5, 5.41) is 3.40. The minimum atomic E-state index is -0.739. The van der Waals surface area contributed by atoms with Crippen molar-refractivity contribution in [3.8, 4) is 45.6 Å². The van der Waals surface area contributed by atoms with E-state index < -0.39 is 23.4 Å². The average molecular weight is 609 g/mol. The molecule has 1 saturated carbocycles. The number of ether oxygens (including phenoxy) is 4. The standard InChI is InChI=1S/C35H36N4O6/c1-34(2,3)44-32(40)38-29-18-23(13-14-36-29)26-20-39(33(41)45-35(4,5)6)31-30(26)25(19-24(37-31)11-9-21-7-8-21)22-10-12-27-28(17-22)43-16-15-42-27/h10,12-14,17-21H,7-8,15-16H2,1-6H3,(H,36,38,40). The molecule has 3 aromatic heterocycles. The molecule has 0 saturated heterocycles. The van der Waals surface area contributed by atoms with Crippen LogP contribution in [0.15, 0.2) is 48.8 Å². The molecule has 1 aromatic carbocycles. The van der Waals surface area contributed by atoms with Gasteiger partial charge in [-0.2, -0.15) is 0 Å². The van der Waals surface area contributed by atoms with Crippen molar-refractivity contribution in [2.24, 2.45) is 5.92 Å². The average Bonchev–Trinajstić information content (AvgIpc) is 3.71.